The van der Waals surface area contributed by atoms with Crippen LogP contribution in [0.25, 0.3) is 11.0 Å². The molecule has 0 saturated carbocycles. The Kier molecular flexibility index (Phi) is 5.73. The SMILES string of the molecule is Cc1c(Cc2ccccc2)c(=O)oc2c(CN3CC4CC(C3)c3cccc(=O)n3C4)c(O)c(Cl)cc12. The lowest BCUT2D eigenvalue weighted by Gasteiger charge is -2.42. The van der Waals surface area contributed by atoms with E-state index in [0.717, 1.165) is 41.7 Å². The number of hydrogen-bond acceptors (Lipinski definition) is 5. The predicted molar refractivity (Wildman–Crippen MR) is 140 cm³/mol. The Morgan fingerprint density at radius 2 is 1.83 bits per heavy atom. The maximum absolute atomic E-state index is 13.1. The van der Waals surface area contributed by atoms with Crippen molar-refractivity contribution in [3.63, 3.8) is 0 Å². The molecule has 2 bridgehead atoms. The van der Waals surface area contributed by atoms with Crippen LogP contribution in [0.1, 0.15) is 40.3 Å². The number of fused-ring (bicyclic) bond motifs is 5. The zero-order valence-electron chi connectivity index (χ0n) is 20.0. The molecule has 0 aliphatic carbocycles. The third-order valence-corrected chi connectivity index (χ3v) is 8.05. The van der Waals surface area contributed by atoms with E-state index in [1.807, 2.05) is 54.0 Å². The van der Waals surface area contributed by atoms with Crippen LogP contribution in [0.2, 0.25) is 5.02 Å². The van der Waals surface area contributed by atoms with Gasteiger partial charge in [0.1, 0.15) is 11.3 Å². The van der Waals surface area contributed by atoms with Gasteiger partial charge in [-0.25, -0.2) is 4.79 Å². The maximum Gasteiger partial charge on any atom is 0.340 e. The van der Waals surface area contributed by atoms with Gasteiger partial charge < -0.3 is 14.1 Å². The summed E-state index contributed by atoms with van der Waals surface area (Å²) in [6.07, 6.45) is 1.51. The second-order valence-electron chi connectivity index (χ2n) is 10.1. The standard InChI is InChI=1S/C29H27ClN2O4/c1-17-21-12-24(30)27(34)23(28(21)36-29(35)22(17)11-18-6-3-2-4-7-18)16-31-13-19-10-20(15-31)25-8-5-9-26(33)32(25)14-19/h2-9,12,19-20,34H,10-11,13-16H2,1H3. The minimum absolute atomic E-state index is 0.0464. The molecule has 2 aromatic heterocycles. The number of phenols is 1. The lowest BCUT2D eigenvalue weighted by Crippen LogP contribution is -2.46. The number of aryl methyl sites for hydroxylation is 1. The van der Waals surface area contributed by atoms with Crippen LogP contribution < -0.4 is 11.2 Å². The number of aromatic hydroxyl groups is 1. The van der Waals surface area contributed by atoms with Crippen LogP contribution in [0.4, 0.5) is 0 Å². The van der Waals surface area contributed by atoms with Crippen LogP contribution in [-0.2, 0) is 19.5 Å². The molecule has 2 aliphatic heterocycles. The first kappa shape index (κ1) is 23.1. The number of pyridine rings is 1. The Morgan fingerprint density at radius 1 is 1.03 bits per heavy atom. The Hall–Kier alpha value is -3.35. The van der Waals surface area contributed by atoms with Crippen LogP contribution >= 0.6 is 11.6 Å². The molecule has 1 saturated heterocycles. The summed E-state index contributed by atoms with van der Waals surface area (Å²) in [6.45, 7) is 4.56. The summed E-state index contributed by atoms with van der Waals surface area (Å²) in [5, 5.41) is 11.9. The second kappa shape index (κ2) is 8.95. The molecule has 36 heavy (non-hydrogen) atoms. The van der Waals surface area contributed by atoms with Crippen molar-refractivity contribution in [2.45, 2.75) is 38.8 Å². The third kappa shape index (κ3) is 3.94. The molecule has 2 aromatic carbocycles. The summed E-state index contributed by atoms with van der Waals surface area (Å²) in [7, 11) is 0. The molecule has 7 heteroatoms. The number of halogens is 1. The van der Waals surface area contributed by atoms with E-state index in [9.17, 15) is 14.7 Å². The minimum atomic E-state index is -0.393. The first-order valence-electron chi connectivity index (χ1n) is 12.3. The highest BCUT2D eigenvalue weighted by Gasteiger charge is 2.35. The Bertz CT molecular complexity index is 1590. The van der Waals surface area contributed by atoms with Crippen molar-refractivity contribution in [2.24, 2.45) is 5.92 Å². The van der Waals surface area contributed by atoms with Crippen molar-refractivity contribution in [2.75, 3.05) is 13.1 Å². The third-order valence-electron chi connectivity index (χ3n) is 7.76. The molecule has 4 heterocycles. The van der Waals surface area contributed by atoms with Gasteiger partial charge in [0.2, 0.25) is 0 Å². The van der Waals surface area contributed by atoms with E-state index in [-0.39, 0.29) is 22.2 Å². The molecule has 4 aromatic rings. The van der Waals surface area contributed by atoms with Crippen molar-refractivity contribution in [3.05, 3.63) is 108 Å². The molecule has 2 atom stereocenters. The maximum atomic E-state index is 13.1. The fourth-order valence-electron chi connectivity index (χ4n) is 6.04. The number of piperidine rings is 1. The zero-order valence-corrected chi connectivity index (χ0v) is 20.8. The molecule has 2 unspecified atom stereocenters. The highest BCUT2D eigenvalue weighted by molar-refractivity contribution is 6.33. The molecule has 1 N–H and O–H groups in total. The molecule has 6 nitrogen and oxygen atoms in total. The first-order valence-corrected chi connectivity index (χ1v) is 12.7. The van der Waals surface area contributed by atoms with Gasteiger partial charge in [0.25, 0.3) is 5.56 Å². The lowest BCUT2D eigenvalue weighted by atomic mass is 9.83. The Balaban J connectivity index is 1.38. The van der Waals surface area contributed by atoms with Crippen molar-refractivity contribution in [3.8, 4) is 5.75 Å². The molecule has 0 spiro atoms. The van der Waals surface area contributed by atoms with E-state index in [4.69, 9.17) is 16.0 Å². The smallest absolute Gasteiger partial charge is 0.340 e. The monoisotopic (exact) mass is 502 g/mol. The van der Waals surface area contributed by atoms with Crippen LogP contribution in [0, 0.1) is 12.8 Å². The second-order valence-corrected chi connectivity index (χ2v) is 10.5. The van der Waals surface area contributed by atoms with Crippen LogP contribution in [0.3, 0.4) is 0 Å². The number of hydrogen-bond donors (Lipinski definition) is 1. The van der Waals surface area contributed by atoms with Gasteiger partial charge in [-0.15, -0.1) is 0 Å². The van der Waals surface area contributed by atoms with E-state index in [1.165, 1.54) is 0 Å². The number of nitrogens with zero attached hydrogens (tertiary/aromatic N) is 2. The van der Waals surface area contributed by atoms with Crippen LogP contribution in [0.5, 0.6) is 5.75 Å². The van der Waals surface area contributed by atoms with Gasteiger partial charge in [-0.3, -0.25) is 9.69 Å². The number of likely N-dealkylation sites (tertiary alicyclic amines) is 1. The average molecular weight is 503 g/mol. The number of phenolic OH excluding ortho intramolecular Hbond substituents is 1. The van der Waals surface area contributed by atoms with Crippen molar-refractivity contribution in [1.82, 2.24) is 9.47 Å². The van der Waals surface area contributed by atoms with Crippen LogP contribution in [0.15, 0.2) is 68.6 Å². The van der Waals surface area contributed by atoms with Gasteiger partial charge >= 0.3 is 5.63 Å². The van der Waals surface area contributed by atoms with Gasteiger partial charge in [0.15, 0.2) is 0 Å². The zero-order chi connectivity index (χ0) is 25.0. The summed E-state index contributed by atoms with van der Waals surface area (Å²) in [5.41, 5.74) is 4.09. The van der Waals surface area contributed by atoms with Gasteiger partial charge in [0.05, 0.1) is 10.6 Å². The summed E-state index contributed by atoms with van der Waals surface area (Å²) in [5.74, 6) is 0.537. The Labute approximate surface area is 213 Å². The van der Waals surface area contributed by atoms with Crippen molar-refractivity contribution in [1.29, 1.82) is 0 Å². The molecular formula is C29H27ClN2O4. The number of rotatable bonds is 4. The van der Waals surface area contributed by atoms with E-state index >= 15 is 0 Å². The highest BCUT2D eigenvalue weighted by Crippen LogP contribution is 2.40. The quantitative estimate of drug-likeness (QED) is 0.404. The summed E-state index contributed by atoms with van der Waals surface area (Å²) in [6, 6.07) is 17.0. The van der Waals surface area contributed by atoms with Crippen molar-refractivity contribution < 1.29 is 9.52 Å². The van der Waals surface area contributed by atoms with E-state index in [0.29, 0.717) is 42.1 Å². The minimum Gasteiger partial charge on any atom is -0.506 e. The van der Waals surface area contributed by atoms with Crippen LogP contribution in [-0.4, -0.2) is 27.7 Å². The first-order chi connectivity index (χ1) is 17.4. The molecule has 1 fully saturated rings. The number of benzene rings is 2. The van der Waals surface area contributed by atoms with E-state index in [1.54, 1.807) is 12.1 Å². The van der Waals surface area contributed by atoms with Gasteiger partial charge in [-0.05, 0) is 42.5 Å². The normalized spacial score (nSPS) is 19.4. The predicted octanol–water partition coefficient (Wildman–Crippen LogP) is 4.83. The highest BCUT2D eigenvalue weighted by atomic mass is 35.5. The fraction of sp³-hybridized carbons (Fsp3) is 0.310. The molecule has 6 rings (SSSR count). The van der Waals surface area contributed by atoms with E-state index in [2.05, 4.69) is 4.90 Å². The molecule has 2 aliphatic rings. The fourth-order valence-corrected chi connectivity index (χ4v) is 6.26. The Morgan fingerprint density at radius 3 is 2.64 bits per heavy atom. The van der Waals surface area contributed by atoms with Gasteiger partial charge in [-0.2, -0.15) is 0 Å². The van der Waals surface area contributed by atoms with Crippen molar-refractivity contribution >= 4 is 22.6 Å². The average Bonchev–Trinajstić information content (AvgIpc) is 2.87. The molecular weight excluding hydrogens is 476 g/mol. The van der Waals surface area contributed by atoms with E-state index < -0.39 is 5.63 Å². The lowest BCUT2D eigenvalue weighted by molar-refractivity contribution is 0.113. The topological polar surface area (TPSA) is 75.7 Å². The van der Waals surface area contributed by atoms with Gasteiger partial charge in [0, 0.05) is 61.2 Å². The molecule has 0 amide bonds. The largest absolute Gasteiger partial charge is 0.506 e. The summed E-state index contributed by atoms with van der Waals surface area (Å²) in [4.78, 5) is 27.7. The molecule has 184 valence electrons. The van der Waals surface area contributed by atoms with Gasteiger partial charge in [-0.1, -0.05) is 48.0 Å². The molecule has 0 radical (unpaired) electrons. The summed E-state index contributed by atoms with van der Waals surface area (Å²) >= 11 is 6.49. The number of aromatic nitrogens is 1. The summed E-state index contributed by atoms with van der Waals surface area (Å²) < 4.78 is 7.78.